The van der Waals surface area contributed by atoms with Crippen LogP contribution in [0.15, 0.2) is 42.7 Å². The number of nitrogens with zero attached hydrogens (tertiary/aromatic N) is 2. The van der Waals surface area contributed by atoms with E-state index in [9.17, 15) is 4.79 Å². The molecule has 0 unspecified atom stereocenters. The van der Waals surface area contributed by atoms with Gasteiger partial charge in [-0.3, -0.25) is 9.78 Å². The second-order valence-electron chi connectivity index (χ2n) is 6.72. The van der Waals surface area contributed by atoms with E-state index < -0.39 is 0 Å². The Bertz CT molecular complexity index is 724. The summed E-state index contributed by atoms with van der Waals surface area (Å²) >= 11 is 0. The molecule has 2 aliphatic rings. The van der Waals surface area contributed by atoms with Crippen molar-refractivity contribution in [1.29, 1.82) is 0 Å². The van der Waals surface area contributed by atoms with E-state index in [4.69, 9.17) is 0 Å². The van der Waals surface area contributed by atoms with Gasteiger partial charge in [-0.05, 0) is 30.4 Å². The molecule has 0 bridgehead atoms. The van der Waals surface area contributed by atoms with E-state index in [2.05, 4.69) is 41.5 Å². The van der Waals surface area contributed by atoms with Gasteiger partial charge in [-0.2, -0.15) is 0 Å². The van der Waals surface area contributed by atoms with Crippen molar-refractivity contribution in [3.63, 3.8) is 0 Å². The van der Waals surface area contributed by atoms with Gasteiger partial charge >= 0.3 is 0 Å². The van der Waals surface area contributed by atoms with Crippen LogP contribution in [0.3, 0.4) is 0 Å². The minimum atomic E-state index is 0. The number of hydrogen-bond donors (Lipinski definition) is 1. The summed E-state index contributed by atoms with van der Waals surface area (Å²) in [5.41, 5.74) is 4.01. The Balaban J connectivity index is 0.00000113. The Morgan fingerprint density at radius 2 is 1.68 bits per heavy atom. The highest BCUT2D eigenvalue weighted by Gasteiger charge is 2.38. The predicted molar refractivity (Wildman–Crippen MR) is 105 cm³/mol. The molecule has 134 valence electrons. The molecule has 6 heteroatoms. The lowest BCUT2D eigenvalue weighted by Gasteiger charge is -2.17. The van der Waals surface area contributed by atoms with Gasteiger partial charge < -0.3 is 10.2 Å². The van der Waals surface area contributed by atoms with Gasteiger partial charge in [0.2, 0.25) is 0 Å². The van der Waals surface area contributed by atoms with Crippen LogP contribution < -0.4 is 5.32 Å². The maximum Gasteiger partial charge on any atom is 0.255 e. The summed E-state index contributed by atoms with van der Waals surface area (Å²) in [6, 6.07) is 10.3. The largest absolute Gasteiger partial charge is 0.338 e. The molecule has 3 heterocycles. The fourth-order valence-electron chi connectivity index (χ4n) is 3.66. The first kappa shape index (κ1) is 19.7. The molecule has 1 aromatic heterocycles. The van der Waals surface area contributed by atoms with Gasteiger partial charge in [0.1, 0.15) is 0 Å². The maximum absolute atomic E-state index is 12.8. The second-order valence-corrected chi connectivity index (χ2v) is 6.72. The second kappa shape index (κ2) is 8.17. The number of nitrogens with one attached hydrogen (secondary N) is 1. The Morgan fingerprint density at radius 3 is 2.32 bits per heavy atom. The third-order valence-electron chi connectivity index (χ3n) is 5.05. The molecule has 0 saturated carbocycles. The summed E-state index contributed by atoms with van der Waals surface area (Å²) in [6.07, 6.45) is 3.51. The lowest BCUT2D eigenvalue weighted by Crippen LogP contribution is -2.31. The first-order valence-corrected chi connectivity index (χ1v) is 8.23. The molecule has 25 heavy (non-hydrogen) atoms. The number of aryl methyl sites for hydroxylation is 1. The highest BCUT2D eigenvalue weighted by atomic mass is 35.5. The van der Waals surface area contributed by atoms with Crippen LogP contribution in [0.5, 0.6) is 0 Å². The molecule has 2 aliphatic heterocycles. The molecule has 2 atom stereocenters. The summed E-state index contributed by atoms with van der Waals surface area (Å²) in [5, 5.41) is 3.41. The molecular formula is C19H23Cl2N3O. The fourth-order valence-corrected chi connectivity index (χ4v) is 3.66. The maximum atomic E-state index is 12.8. The highest BCUT2D eigenvalue weighted by molar-refractivity contribution is 5.95. The lowest BCUT2D eigenvalue weighted by molar-refractivity contribution is 0.0781. The van der Waals surface area contributed by atoms with Gasteiger partial charge in [-0.25, -0.2) is 0 Å². The van der Waals surface area contributed by atoms with Crippen molar-refractivity contribution in [2.45, 2.75) is 6.92 Å². The molecule has 4 rings (SSSR count). The van der Waals surface area contributed by atoms with E-state index in [1.807, 2.05) is 17.2 Å². The molecular weight excluding hydrogens is 357 g/mol. The summed E-state index contributed by atoms with van der Waals surface area (Å²) < 4.78 is 0. The topological polar surface area (TPSA) is 45.2 Å². The van der Waals surface area contributed by atoms with Gasteiger partial charge in [0, 0.05) is 44.1 Å². The van der Waals surface area contributed by atoms with Crippen LogP contribution >= 0.6 is 24.8 Å². The van der Waals surface area contributed by atoms with Gasteiger partial charge in [0.05, 0.1) is 5.56 Å². The van der Waals surface area contributed by atoms with Crippen LogP contribution in [-0.2, 0) is 0 Å². The quantitative estimate of drug-likeness (QED) is 0.871. The number of likely N-dealkylation sites (tertiary alicyclic amines) is 1. The number of carbonyl (C=O) groups is 1. The number of rotatable bonds is 2. The fraction of sp³-hybridized carbons (Fsp3) is 0.368. The summed E-state index contributed by atoms with van der Waals surface area (Å²) in [6.45, 7) is 5.88. The van der Waals surface area contributed by atoms with E-state index in [1.54, 1.807) is 6.20 Å². The Kier molecular flexibility index (Phi) is 6.44. The molecule has 0 aliphatic carbocycles. The zero-order chi connectivity index (χ0) is 15.8. The minimum Gasteiger partial charge on any atom is -0.338 e. The molecule has 1 N–H and O–H groups in total. The average Bonchev–Trinajstić information content (AvgIpc) is 3.16. The molecule has 4 nitrogen and oxygen atoms in total. The van der Waals surface area contributed by atoms with Crippen LogP contribution in [0.2, 0.25) is 0 Å². The van der Waals surface area contributed by atoms with Crippen molar-refractivity contribution in [2.75, 3.05) is 26.2 Å². The third kappa shape index (κ3) is 3.97. The van der Waals surface area contributed by atoms with Crippen LogP contribution in [0.1, 0.15) is 15.9 Å². The monoisotopic (exact) mass is 379 g/mol. The molecule has 0 spiro atoms. The van der Waals surface area contributed by atoms with Crippen molar-refractivity contribution in [3.05, 3.63) is 53.9 Å². The molecule has 2 saturated heterocycles. The van der Waals surface area contributed by atoms with Crippen molar-refractivity contribution in [1.82, 2.24) is 15.2 Å². The van der Waals surface area contributed by atoms with Gasteiger partial charge in [-0.1, -0.05) is 29.8 Å². The SMILES string of the molecule is Cc1ccc(-c2cncc(C(=O)N3C[C@H]4CNC[C@H]4C3)c2)cc1.Cl.Cl. The van der Waals surface area contributed by atoms with E-state index in [1.165, 1.54) is 5.56 Å². The summed E-state index contributed by atoms with van der Waals surface area (Å²) in [4.78, 5) is 19.1. The number of benzene rings is 1. The Labute approximate surface area is 160 Å². The Morgan fingerprint density at radius 1 is 1.04 bits per heavy atom. The number of halogens is 2. The van der Waals surface area contributed by atoms with Crippen molar-refractivity contribution in [2.24, 2.45) is 11.8 Å². The van der Waals surface area contributed by atoms with Crippen molar-refractivity contribution >= 4 is 30.7 Å². The average molecular weight is 380 g/mol. The zero-order valence-corrected chi connectivity index (χ0v) is 15.8. The number of aromatic nitrogens is 1. The Hall–Kier alpha value is -1.62. The lowest BCUT2D eigenvalue weighted by atomic mass is 10.0. The van der Waals surface area contributed by atoms with Gasteiger partial charge in [0.15, 0.2) is 0 Å². The van der Waals surface area contributed by atoms with E-state index in [-0.39, 0.29) is 30.7 Å². The molecule has 1 amide bonds. The van der Waals surface area contributed by atoms with Crippen molar-refractivity contribution in [3.8, 4) is 11.1 Å². The number of hydrogen-bond acceptors (Lipinski definition) is 3. The third-order valence-corrected chi connectivity index (χ3v) is 5.05. The first-order valence-electron chi connectivity index (χ1n) is 8.23. The number of pyridine rings is 1. The summed E-state index contributed by atoms with van der Waals surface area (Å²) in [7, 11) is 0. The van der Waals surface area contributed by atoms with Crippen LogP contribution in [0.25, 0.3) is 11.1 Å². The smallest absolute Gasteiger partial charge is 0.255 e. The molecule has 2 fully saturated rings. The van der Waals surface area contributed by atoms with E-state index in [0.29, 0.717) is 17.4 Å². The van der Waals surface area contributed by atoms with Gasteiger partial charge in [0.25, 0.3) is 5.91 Å². The van der Waals surface area contributed by atoms with Crippen molar-refractivity contribution < 1.29 is 4.79 Å². The molecule has 1 aromatic carbocycles. The number of amides is 1. The molecule has 2 aromatic rings. The minimum absolute atomic E-state index is 0. The standard InChI is InChI=1S/C19H21N3O.2ClH/c1-13-2-4-14(5-3-13)15-6-16(8-20-7-15)19(23)22-11-17-9-21-10-18(17)12-22;;/h2-8,17-18,21H,9-12H2,1H3;2*1H/t17-,18+;;. The summed E-state index contributed by atoms with van der Waals surface area (Å²) in [5.74, 6) is 1.35. The normalized spacial score (nSPS) is 21.2. The number of fused-ring (bicyclic) bond motifs is 1. The van der Waals surface area contributed by atoms with Crippen LogP contribution in [0.4, 0.5) is 0 Å². The predicted octanol–water partition coefficient (Wildman–Crippen LogP) is 3.19. The first-order chi connectivity index (χ1) is 11.2. The van der Waals surface area contributed by atoms with E-state index in [0.717, 1.165) is 37.3 Å². The van der Waals surface area contributed by atoms with Gasteiger partial charge in [-0.15, -0.1) is 24.8 Å². The van der Waals surface area contributed by atoms with Crippen LogP contribution in [-0.4, -0.2) is 42.0 Å². The van der Waals surface area contributed by atoms with Crippen LogP contribution in [0, 0.1) is 18.8 Å². The highest BCUT2D eigenvalue weighted by Crippen LogP contribution is 2.28. The zero-order valence-electron chi connectivity index (χ0n) is 14.1. The molecule has 0 radical (unpaired) electrons. The van der Waals surface area contributed by atoms with E-state index >= 15 is 0 Å². The number of carbonyl (C=O) groups excluding carboxylic acids is 1.